The van der Waals surface area contributed by atoms with Gasteiger partial charge in [0.2, 0.25) is 0 Å². The first-order chi connectivity index (χ1) is 6.60. The number of unbranched alkanes of at least 4 members (excludes halogenated alkanes) is 2. The zero-order valence-electron chi connectivity index (χ0n) is 8.82. The molecule has 0 saturated heterocycles. The van der Waals surface area contributed by atoms with Crippen LogP contribution in [0.1, 0.15) is 39.5 Å². The molecule has 0 bridgehead atoms. The lowest BCUT2D eigenvalue weighted by atomic mass is 9.96. The van der Waals surface area contributed by atoms with Crippen molar-refractivity contribution >= 4 is 5.97 Å². The van der Waals surface area contributed by atoms with E-state index in [-0.39, 0.29) is 6.10 Å². The van der Waals surface area contributed by atoms with Gasteiger partial charge in [-0.25, -0.2) is 4.79 Å². The summed E-state index contributed by atoms with van der Waals surface area (Å²) in [4.78, 5) is 11.1. The number of carboxylic acids is 1. The molecule has 2 unspecified atom stereocenters. The monoisotopic (exact) mass is 198 g/mol. The van der Waals surface area contributed by atoms with Gasteiger partial charge in [-0.3, -0.25) is 0 Å². The van der Waals surface area contributed by atoms with Crippen LogP contribution in [0.3, 0.4) is 0 Å². The standard InChI is InChI=1S/C11H18O3/c1-3-4-5-7-11(10(12)13)8-6-9(2)14-11/h6,8-9H,3-5,7H2,1-2H3,(H,12,13). The van der Waals surface area contributed by atoms with Crippen LogP contribution in [0.25, 0.3) is 0 Å². The summed E-state index contributed by atoms with van der Waals surface area (Å²) in [5, 5.41) is 9.10. The van der Waals surface area contributed by atoms with Gasteiger partial charge in [-0.15, -0.1) is 0 Å². The van der Waals surface area contributed by atoms with Crippen LogP contribution in [-0.2, 0) is 9.53 Å². The third-order valence-corrected chi connectivity index (χ3v) is 2.55. The van der Waals surface area contributed by atoms with E-state index in [2.05, 4.69) is 6.92 Å². The van der Waals surface area contributed by atoms with Crippen LogP contribution < -0.4 is 0 Å². The second-order valence-electron chi connectivity index (χ2n) is 3.83. The number of carboxylic acid groups (broad SMARTS) is 1. The minimum absolute atomic E-state index is 0.0762. The smallest absolute Gasteiger partial charge is 0.340 e. The lowest BCUT2D eigenvalue weighted by Crippen LogP contribution is -2.38. The van der Waals surface area contributed by atoms with E-state index in [0.717, 1.165) is 19.3 Å². The molecule has 80 valence electrons. The largest absolute Gasteiger partial charge is 0.479 e. The molecule has 1 heterocycles. The molecule has 0 fully saturated rings. The summed E-state index contributed by atoms with van der Waals surface area (Å²) in [6.07, 6.45) is 7.06. The summed E-state index contributed by atoms with van der Waals surface area (Å²) in [5.74, 6) is -0.866. The molecule has 1 aliphatic heterocycles. The Hall–Kier alpha value is -0.830. The van der Waals surface area contributed by atoms with E-state index in [1.54, 1.807) is 6.08 Å². The molecular weight excluding hydrogens is 180 g/mol. The highest BCUT2D eigenvalue weighted by Crippen LogP contribution is 2.29. The molecule has 1 rings (SSSR count). The van der Waals surface area contributed by atoms with E-state index in [9.17, 15) is 4.79 Å². The number of ether oxygens (including phenoxy) is 1. The van der Waals surface area contributed by atoms with Crippen LogP contribution in [0.2, 0.25) is 0 Å². The molecule has 0 radical (unpaired) electrons. The highest BCUT2D eigenvalue weighted by molar-refractivity contribution is 5.80. The number of hydrogen-bond donors (Lipinski definition) is 1. The fourth-order valence-corrected chi connectivity index (χ4v) is 1.71. The summed E-state index contributed by atoms with van der Waals surface area (Å²) >= 11 is 0. The van der Waals surface area contributed by atoms with E-state index in [4.69, 9.17) is 9.84 Å². The SMILES string of the molecule is CCCCCC1(C(=O)O)C=CC(C)O1. The minimum Gasteiger partial charge on any atom is -0.479 e. The predicted octanol–water partition coefficient (Wildman–Crippen LogP) is 2.37. The lowest BCUT2D eigenvalue weighted by molar-refractivity contribution is -0.160. The van der Waals surface area contributed by atoms with Gasteiger partial charge in [0.1, 0.15) is 0 Å². The molecule has 2 atom stereocenters. The first-order valence-electron chi connectivity index (χ1n) is 5.21. The van der Waals surface area contributed by atoms with Gasteiger partial charge in [0.05, 0.1) is 6.10 Å². The Morgan fingerprint density at radius 1 is 1.57 bits per heavy atom. The van der Waals surface area contributed by atoms with Crippen molar-refractivity contribution in [2.75, 3.05) is 0 Å². The second-order valence-corrected chi connectivity index (χ2v) is 3.83. The van der Waals surface area contributed by atoms with Crippen molar-refractivity contribution in [3.63, 3.8) is 0 Å². The average Bonchev–Trinajstić information content (AvgIpc) is 2.49. The lowest BCUT2D eigenvalue weighted by Gasteiger charge is -2.23. The van der Waals surface area contributed by atoms with Crippen LogP contribution in [0.5, 0.6) is 0 Å². The quantitative estimate of drug-likeness (QED) is 0.545. The normalized spacial score (nSPS) is 30.9. The Morgan fingerprint density at radius 3 is 2.71 bits per heavy atom. The number of carbonyl (C=O) groups is 1. The Morgan fingerprint density at radius 2 is 2.29 bits per heavy atom. The van der Waals surface area contributed by atoms with Gasteiger partial charge in [-0.2, -0.15) is 0 Å². The molecule has 0 aromatic heterocycles. The van der Waals surface area contributed by atoms with Gasteiger partial charge < -0.3 is 9.84 Å². The molecule has 0 aliphatic carbocycles. The summed E-state index contributed by atoms with van der Waals surface area (Å²) < 4.78 is 5.45. The summed E-state index contributed by atoms with van der Waals surface area (Å²) in [6, 6.07) is 0. The Labute approximate surface area is 84.8 Å². The van der Waals surface area contributed by atoms with Crippen LogP contribution in [-0.4, -0.2) is 22.8 Å². The number of hydrogen-bond acceptors (Lipinski definition) is 2. The van der Waals surface area contributed by atoms with E-state index < -0.39 is 11.6 Å². The summed E-state index contributed by atoms with van der Waals surface area (Å²) in [6.45, 7) is 3.96. The van der Waals surface area contributed by atoms with Gasteiger partial charge >= 0.3 is 5.97 Å². The maximum Gasteiger partial charge on any atom is 0.340 e. The Kier molecular flexibility index (Phi) is 3.69. The summed E-state index contributed by atoms with van der Waals surface area (Å²) in [7, 11) is 0. The van der Waals surface area contributed by atoms with Gasteiger partial charge in [-0.05, 0) is 25.8 Å². The fourth-order valence-electron chi connectivity index (χ4n) is 1.71. The first-order valence-corrected chi connectivity index (χ1v) is 5.21. The highest BCUT2D eigenvalue weighted by atomic mass is 16.5. The fraction of sp³-hybridized carbons (Fsp3) is 0.727. The zero-order valence-corrected chi connectivity index (χ0v) is 8.82. The van der Waals surface area contributed by atoms with Gasteiger partial charge in [0.25, 0.3) is 0 Å². The minimum atomic E-state index is -1.05. The maximum absolute atomic E-state index is 11.1. The summed E-state index contributed by atoms with van der Waals surface area (Å²) in [5.41, 5.74) is -1.05. The van der Waals surface area contributed by atoms with Crippen LogP contribution in [0, 0.1) is 0 Å². The van der Waals surface area contributed by atoms with Crippen LogP contribution in [0.4, 0.5) is 0 Å². The average molecular weight is 198 g/mol. The van der Waals surface area contributed by atoms with Crippen molar-refractivity contribution in [1.82, 2.24) is 0 Å². The molecule has 0 saturated carbocycles. The maximum atomic E-state index is 11.1. The highest BCUT2D eigenvalue weighted by Gasteiger charge is 2.40. The van der Waals surface area contributed by atoms with Crippen molar-refractivity contribution in [2.24, 2.45) is 0 Å². The van der Waals surface area contributed by atoms with Gasteiger partial charge in [0.15, 0.2) is 5.60 Å². The molecule has 3 nitrogen and oxygen atoms in total. The molecule has 0 aromatic rings. The molecule has 3 heteroatoms. The Bertz CT molecular complexity index is 235. The van der Waals surface area contributed by atoms with Crippen molar-refractivity contribution in [3.8, 4) is 0 Å². The van der Waals surface area contributed by atoms with Crippen molar-refractivity contribution < 1.29 is 14.6 Å². The second kappa shape index (κ2) is 4.60. The van der Waals surface area contributed by atoms with E-state index in [1.165, 1.54) is 0 Å². The van der Waals surface area contributed by atoms with E-state index in [0.29, 0.717) is 6.42 Å². The number of aliphatic carboxylic acids is 1. The zero-order chi connectivity index (χ0) is 10.6. The molecule has 14 heavy (non-hydrogen) atoms. The Balaban J connectivity index is 2.56. The molecule has 1 aliphatic rings. The molecule has 0 amide bonds. The molecule has 0 spiro atoms. The third kappa shape index (κ3) is 2.35. The van der Waals surface area contributed by atoms with Crippen LogP contribution in [0.15, 0.2) is 12.2 Å². The third-order valence-electron chi connectivity index (χ3n) is 2.55. The molecule has 0 aromatic carbocycles. The van der Waals surface area contributed by atoms with Crippen molar-refractivity contribution in [2.45, 2.75) is 51.2 Å². The van der Waals surface area contributed by atoms with Gasteiger partial charge in [0, 0.05) is 0 Å². The van der Waals surface area contributed by atoms with Crippen LogP contribution >= 0.6 is 0 Å². The first kappa shape index (κ1) is 11.2. The van der Waals surface area contributed by atoms with E-state index in [1.807, 2.05) is 13.0 Å². The predicted molar refractivity (Wildman–Crippen MR) is 54.2 cm³/mol. The number of rotatable bonds is 5. The topological polar surface area (TPSA) is 46.5 Å². The van der Waals surface area contributed by atoms with Crippen molar-refractivity contribution in [1.29, 1.82) is 0 Å². The van der Waals surface area contributed by atoms with Gasteiger partial charge in [-0.1, -0.05) is 25.8 Å². The molecular formula is C11H18O3. The van der Waals surface area contributed by atoms with Crippen molar-refractivity contribution in [3.05, 3.63) is 12.2 Å². The van der Waals surface area contributed by atoms with E-state index >= 15 is 0 Å². The molecule has 1 N–H and O–H groups in total.